The summed E-state index contributed by atoms with van der Waals surface area (Å²) in [4.78, 5) is 4.03. The van der Waals surface area contributed by atoms with Crippen molar-refractivity contribution in [3.05, 3.63) is 70.5 Å². The van der Waals surface area contributed by atoms with Gasteiger partial charge in [0.1, 0.15) is 11.5 Å². The number of hydrogen-bond donors (Lipinski definition) is 3. The van der Waals surface area contributed by atoms with Gasteiger partial charge in [0, 0.05) is 31.2 Å². The number of oxime groups is 1. The summed E-state index contributed by atoms with van der Waals surface area (Å²) in [5, 5.41) is 25.9. The van der Waals surface area contributed by atoms with Crippen molar-refractivity contribution in [2.75, 3.05) is 5.32 Å². The highest BCUT2D eigenvalue weighted by molar-refractivity contribution is 6.31. The minimum absolute atomic E-state index is 0.00731. The van der Waals surface area contributed by atoms with E-state index in [2.05, 4.69) is 31.1 Å². The average molecular weight is 377 g/mol. The number of amidine groups is 1. The molecule has 8 nitrogen and oxygen atoms in total. The number of rotatable bonds is 6. The first-order valence-electron chi connectivity index (χ1n) is 7.53. The van der Waals surface area contributed by atoms with Gasteiger partial charge in [0.15, 0.2) is 5.69 Å². The summed E-state index contributed by atoms with van der Waals surface area (Å²) in [5.74, 6) is -0.560. The zero-order valence-electron chi connectivity index (χ0n) is 13.4. The molecule has 0 aliphatic carbocycles. The first-order valence-corrected chi connectivity index (χ1v) is 7.90. The fourth-order valence-electron chi connectivity index (χ4n) is 2.17. The Morgan fingerprint density at radius 2 is 2.15 bits per heavy atom. The van der Waals surface area contributed by atoms with Crippen molar-refractivity contribution in [2.45, 2.75) is 13.1 Å². The Kier molecular flexibility index (Phi) is 5.72. The van der Waals surface area contributed by atoms with Gasteiger partial charge in [0.2, 0.25) is 5.84 Å². The van der Waals surface area contributed by atoms with Gasteiger partial charge in [-0.05, 0) is 35.0 Å². The maximum absolute atomic E-state index is 13.2. The summed E-state index contributed by atoms with van der Waals surface area (Å²) >= 11 is 5.74. The highest BCUT2D eigenvalue weighted by Gasteiger charge is 2.17. The van der Waals surface area contributed by atoms with E-state index >= 15 is 0 Å². The lowest BCUT2D eigenvalue weighted by molar-refractivity contribution is 0.300. The second kappa shape index (κ2) is 8.37. The van der Waals surface area contributed by atoms with E-state index in [1.54, 1.807) is 12.4 Å². The molecule has 2 heterocycles. The lowest BCUT2D eigenvalue weighted by Crippen LogP contribution is -2.20. The minimum Gasteiger partial charge on any atom is -0.409 e. The third kappa shape index (κ3) is 4.32. The first-order chi connectivity index (χ1) is 12.7. The van der Waals surface area contributed by atoms with E-state index in [9.17, 15) is 9.60 Å². The smallest absolute Gasteiger partial charge is 0.201 e. The van der Waals surface area contributed by atoms with E-state index in [4.69, 9.17) is 16.2 Å². The molecule has 0 fully saturated rings. The number of halogens is 2. The van der Waals surface area contributed by atoms with E-state index < -0.39 is 5.82 Å². The predicted octanol–water partition coefficient (Wildman–Crippen LogP) is 2.79. The molecule has 0 amide bonds. The standard InChI is InChI=1S/C16H14ClFN6O2/c17-12-6-11(3-4-13(12)18)21-16(22-25)15-14(23-26-24-15)9-20-8-10-2-1-5-19-7-10/h1-7,20,25H,8-9H2,(H,21,22). The lowest BCUT2D eigenvalue weighted by atomic mass is 10.2. The summed E-state index contributed by atoms with van der Waals surface area (Å²) < 4.78 is 18.0. The third-order valence-electron chi connectivity index (χ3n) is 3.41. The molecule has 0 saturated heterocycles. The Morgan fingerprint density at radius 1 is 1.27 bits per heavy atom. The van der Waals surface area contributed by atoms with Crippen LogP contribution in [0.1, 0.15) is 17.0 Å². The Morgan fingerprint density at radius 3 is 2.88 bits per heavy atom. The average Bonchev–Trinajstić information content (AvgIpc) is 3.12. The molecule has 0 atom stereocenters. The molecule has 0 aliphatic heterocycles. The summed E-state index contributed by atoms with van der Waals surface area (Å²) in [5.41, 5.74) is 2.07. The summed E-state index contributed by atoms with van der Waals surface area (Å²) in [6.45, 7) is 0.880. The molecule has 0 bridgehead atoms. The number of pyridine rings is 1. The van der Waals surface area contributed by atoms with Gasteiger partial charge in [0.05, 0.1) is 5.02 Å². The highest BCUT2D eigenvalue weighted by atomic mass is 35.5. The van der Waals surface area contributed by atoms with Crippen LogP contribution in [-0.4, -0.2) is 26.3 Å². The number of nitrogens with one attached hydrogen (secondary N) is 2. The van der Waals surface area contributed by atoms with Crippen molar-refractivity contribution in [1.29, 1.82) is 0 Å². The quantitative estimate of drug-likeness (QED) is 0.263. The molecule has 0 saturated carbocycles. The second-order valence-corrected chi connectivity index (χ2v) is 5.63. The monoisotopic (exact) mass is 376 g/mol. The molecular formula is C16H14ClFN6O2. The second-order valence-electron chi connectivity index (χ2n) is 5.23. The van der Waals surface area contributed by atoms with Crippen LogP contribution in [0.5, 0.6) is 0 Å². The third-order valence-corrected chi connectivity index (χ3v) is 3.70. The lowest BCUT2D eigenvalue weighted by Gasteiger charge is -2.08. The molecule has 0 radical (unpaired) electrons. The van der Waals surface area contributed by atoms with Crippen LogP contribution in [0.2, 0.25) is 5.02 Å². The molecule has 10 heteroatoms. The predicted molar refractivity (Wildman–Crippen MR) is 92.4 cm³/mol. The Bertz CT molecular complexity index is 903. The molecule has 3 aromatic rings. The molecule has 3 rings (SSSR count). The molecule has 134 valence electrons. The minimum atomic E-state index is -0.553. The molecule has 2 aromatic heterocycles. The first kappa shape index (κ1) is 17.8. The number of anilines is 1. The SMILES string of the molecule is O/N=C(/Nc1ccc(F)c(Cl)c1)c1nonc1CNCc1cccnc1. The van der Waals surface area contributed by atoms with Crippen molar-refractivity contribution in [2.24, 2.45) is 5.16 Å². The van der Waals surface area contributed by atoms with Crippen LogP contribution >= 0.6 is 11.6 Å². The fourth-order valence-corrected chi connectivity index (χ4v) is 2.35. The zero-order valence-corrected chi connectivity index (χ0v) is 14.1. The van der Waals surface area contributed by atoms with Gasteiger partial charge >= 0.3 is 0 Å². The van der Waals surface area contributed by atoms with Gasteiger partial charge in [0.25, 0.3) is 0 Å². The summed E-state index contributed by atoms with van der Waals surface area (Å²) in [6, 6.07) is 7.77. The van der Waals surface area contributed by atoms with Crippen molar-refractivity contribution >= 4 is 23.1 Å². The van der Waals surface area contributed by atoms with E-state index in [1.165, 1.54) is 18.2 Å². The highest BCUT2D eigenvalue weighted by Crippen LogP contribution is 2.20. The van der Waals surface area contributed by atoms with Crippen LogP contribution in [0.4, 0.5) is 10.1 Å². The van der Waals surface area contributed by atoms with E-state index in [-0.39, 0.29) is 16.6 Å². The largest absolute Gasteiger partial charge is 0.409 e. The molecule has 1 aromatic carbocycles. The van der Waals surface area contributed by atoms with Gasteiger partial charge in [-0.3, -0.25) is 4.98 Å². The van der Waals surface area contributed by atoms with Crippen molar-refractivity contribution in [1.82, 2.24) is 20.6 Å². The Hall–Kier alpha value is -3.04. The van der Waals surface area contributed by atoms with E-state index in [0.717, 1.165) is 5.56 Å². The number of nitrogens with zero attached hydrogens (tertiary/aromatic N) is 4. The number of hydrogen-bond acceptors (Lipinski definition) is 7. The van der Waals surface area contributed by atoms with Crippen LogP contribution in [0.15, 0.2) is 52.5 Å². The van der Waals surface area contributed by atoms with Gasteiger partial charge in [-0.2, -0.15) is 0 Å². The van der Waals surface area contributed by atoms with Crippen LogP contribution in [0, 0.1) is 5.82 Å². The Balaban J connectivity index is 1.68. The van der Waals surface area contributed by atoms with Gasteiger partial charge in [-0.1, -0.05) is 28.0 Å². The van der Waals surface area contributed by atoms with Crippen LogP contribution in [0.25, 0.3) is 0 Å². The maximum atomic E-state index is 13.2. The molecule has 0 spiro atoms. The van der Waals surface area contributed by atoms with Crippen LogP contribution in [-0.2, 0) is 13.1 Å². The molecular weight excluding hydrogens is 363 g/mol. The topological polar surface area (TPSA) is 108 Å². The summed E-state index contributed by atoms with van der Waals surface area (Å²) in [6.07, 6.45) is 3.44. The van der Waals surface area contributed by atoms with Crippen molar-refractivity contribution < 1.29 is 14.2 Å². The van der Waals surface area contributed by atoms with Gasteiger partial charge < -0.3 is 15.8 Å². The Labute approximate surface area is 152 Å². The molecule has 0 aliphatic rings. The van der Waals surface area contributed by atoms with E-state index in [1.807, 2.05) is 12.1 Å². The molecule has 26 heavy (non-hydrogen) atoms. The number of benzene rings is 1. The summed E-state index contributed by atoms with van der Waals surface area (Å²) in [7, 11) is 0. The van der Waals surface area contributed by atoms with Gasteiger partial charge in [-0.25, -0.2) is 9.02 Å². The van der Waals surface area contributed by atoms with E-state index in [0.29, 0.717) is 24.5 Å². The van der Waals surface area contributed by atoms with Crippen LogP contribution < -0.4 is 10.6 Å². The zero-order chi connectivity index (χ0) is 18.4. The molecule has 3 N–H and O–H groups in total. The van der Waals surface area contributed by atoms with Crippen molar-refractivity contribution in [3.63, 3.8) is 0 Å². The normalized spacial score (nSPS) is 11.5. The van der Waals surface area contributed by atoms with Crippen molar-refractivity contribution in [3.8, 4) is 0 Å². The molecule has 0 unspecified atom stereocenters. The number of aromatic nitrogens is 3. The maximum Gasteiger partial charge on any atom is 0.201 e. The van der Waals surface area contributed by atoms with Crippen LogP contribution in [0.3, 0.4) is 0 Å². The fraction of sp³-hybridized carbons (Fsp3) is 0.125. The van der Waals surface area contributed by atoms with Gasteiger partial charge in [-0.15, -0.1) is 0 Å².